The van der Waals surface area contributed by atoms with Gasteiger partial charge in [0.1, 0.15) is 24.5 Å². The highest BCUT2D eigenvalue weighted by Crippen LogP contribution is 2.40. The van der Waals surface area contributed by atoms with Crippen LogP contribution in [-0.2, 0) is 15.7 Å². The molecule has 2 aromatic rings. The summed E-state index contributed by atoms with van der Waals surface area (Å²) in [6.45, 7) is 2.95. The Labute approximate surface area is 172 Å². The normalized spacial score (nSPS) is 21.7. The van der Waals surface area contributed by atoms with Gasteiger partial charge in [-0.1, -0.05) is 24.3 Å². The van der Waals surface area contributed by atoms with Gasteiger partial charge in [-0.2, -0.15) is 13.2 Å². The quantitative estimate of drug-likeness (QED) is 0.716. The summed E-state index contributed by atoms with van der Waals surface area (Å²) < 4.78 is 55.6. The van der Waals surface area contributed by atoms with Crippen molar-refractivity contribution < 1.29 is 27.4 Å². The lowest BCUT2D eigenvalue weighted by Gasteiger charge is -2.27. The zero-order valence-corrected chi connectivity index (χ0v) is 16.4. The van der Waals surface area contributed by atoms with E-state index in [1.54, 1.807) is 7.11 Å². The molecule has 2 aromatic carbocycles. The molecule has 4 rings (SSSR count). The van der Waals surface area contributed by atoms with Crippen molar-refractivity contribution >= 4 is 12.3 Å². The van der Waals surface area contributed by atoms with Crippen LogP contribution >= 0.6 is 0 Å². The van der Waals surface area contributed by atoms with Gasteiger partial charge >= 0.3 is 6.18 Å². The van der Waals surface area contributed by atoms with Crippen LogP contribution < -0.4 is 4.74 Å². The first-order valence-electron chi connectivity index (χ1n) is 9.48. The maximum Gasteiger partial charge on any atom is 0.416 e. The van der Waals surface area contributed by atoms with E-state index in [9.17, 15) is 13.2 Å². The van der Waals surface area contributed by atoms with E-state index in [2.05, 4.69) is 16.4 Å². The van der Waals surface area contributed by atoms with Gasteiger partial charge in [0.2, 0.25) is 0 Å². The molecule has 3 atom stereocenters. The second-order valence-corrected chi connectivity index (χ2v) is 7.14. The van der Waals surface area contributed by atoms with Crippen molar-refractivity contribution in [2.75, 3.05) is 20.3 Å². The molecule has 0 amide bonds. The van der Waals surface area contributed by atoms with Crippen LogP contribution in [0.25, 0.3) is 0 Å². The Hall–Kier alpha value is -3.03. The van der Waals surface area contributed by atoms with E-state index >= 15 is 0 Å². The minimum atomic E-state index is -4.39. The second kappa shape index (κ2) is 8.01. The Balaban J connectivity index is 1.69. The number of halogens is 3. The molecule has 1 radical (unpaired) electrons. The number of rotatable bonds is 5. The number of aryl methyl sites for hydroxylation is 1. The number of aliphatic imine (C=N–C) groups is 2. The zero-order valence-electron chi connectivity index (χ0n) is 16.4. The van der Waals surface area contributed by atoms with Gasteiger partial charge in [0.05, 0.1) is 25.1 Å². The molecule has 0 N–H and O–H groups in total. The first kappa shape index (κ1) is 20.3. The number of ether oxygens (including phenoxy) is 3. The van der Waals surface area contributed by atoms with Crippen LogP contribution in [0, 0.1) is 6.92 Å². The molecule has 2 aliphatic rings. The third kappa shape index (κ3) is 3.86. The Morgan fingerprint density at radius 2 is 1.93 bits per heavy atom. The van der Waals surface area contributed by atoms with Crippen LogP contribution in [-0.4, -0.2) is 38.7 Å². The summed E-state index contributed by atoms with van der Waals surface area (Å²) in [4.78, 5) is 8.73. The molecule has 2 heterocycles. The second-order valence-electron chi connectivity index (χ2n) is 7.14. The number of alkyl halides is 3. The van der Waals surface area contributed by atoms with Crippen molar-refractivity contribution in [2.24, 2.45) is 9.98 Å². The van der Waals surface area contributed by atoms with E-state index in [0.29, 0.717) is 24.6 Å². The predicted octanol–water partition coefficient (Wildman–Crippen LogP) is 4.58. The van der Waals surface area contributed by atoms with Crippen LogP contribution in [0.15, 0.2) is 52.4 Å². The van der Waals surface area contributed by atoms with E-state index in [1.807, 2.05) is 25.1 Å². The summed E-state index contributed by atoms with van der Waals surface area (Å²) in [6, 6.07) is 10.2. The molecule has 157 valence electrons. The van der Waals surface area contributed by atoms with Crippen molar-refractivity contribution in [1.29, 1.82) is 0 Å². The standard InChI is InChI=1S/C22H20F3N2O3/c1-13-11-15(5-8-17(13)28-2)18(21-26-9-10-29-21)20-19(27-12-30-20)14-3-6-16(7-4-14)22(23,24)25/h3-8,11,18-20H,9-10H2,1-2H3. The van der Waals surface area contributed by atoms with E-state index in [0.717, 1.165) is 29.0 Å². The summed E-state index contributed by atoms with van der Waals surface area (Å²) in [6.07, 6.45) is -2.40. The monoisotopic (exact) mass is 417 g/mol. The topological polar surface area (TPSA) is 52.4 Å². The first-order chi connectivity index (χ1) is 14.4. The van der Waals surface area contributed by atoms with E-state index in [-0.39, 0.29) is 5.92 Å². The number of nitrogens with zero attached hydrogens (tertiary/aromatic N) is 2. The Morgan fingerprint density at radius 3 is 2.53 bits per heavy atom. The van der Waals surface area contributed by atoms with Gasteiger partial charge in [0.25, 0.3) is 6.40 Å². The molecule has 30 heavy (non-hydrogen) atoms. The van der Waals surface area contributed by atoms with Crippen LogP contribution in [0.1, 0.15) is 34.2 Å². The summed E-state index contributed by atoms with van der Waals surface area (Å²) in [5.74, 6) is 0.893. The van der Waals surface area contributed by atoms with Crippen molar-refractivity contribution in [3.63, 3.8) is 0 Å². The molecule has 0 aliphatic carbocycles. The lowest BCUT2D eigenvalue weighted by molar-refractivity contribution is -0.137. The average molecular weight is 417 g/mol. The van der Waals surface area contributed by atoms with Crippen molar-refractivity contribution in [3.8, 4) is 5.75 Å². The minimum absolute atomic E-state index is 0.386. The molecule has 0 saturated carbocycles. The Bertz CT molecular complexity index is 971. The molecule has 5 nitrogen and oxygen atoms in total. The molecular weight excluding hydrogens is 397 g/mol. The molecule has 0 fully saturated rings. The maximum absolute atomic E-state index is 12.9. The van der Waals surface area contributed by atoms with E-state index in [4.69, 9.17) is 14.2 Å². The molecular formula is C22H20F3N2O3. The SMILES string of the molecule is COc1ccc(C(C2=NCCO2)C2O[C]=NC2c2ccc(C(F)(F)F)cc2)cc1C. The number of benzene rings is 2. The summed E-state index contributed by atoms with van der Waals surface area (Å²) in [5, 5.41) is 0. The average Bonchev–Trinajstić information content (AvgIpc) is 3.41. The lowest BCUT2D eigenvalue weighted by atomic mass is 9.85. The van der Waals surface area contributed by atoms with Crippen LogP contribution in [0.5, 0.6) is 5.75 Å². The fourth-order valence-electron chi connectivity index (χ4n) is 3.78. The maximum atomic E-state index is 12.9. The first-order valence-corrected chi connectivity index (χ1v) is 9.48. The highest BCUT2D eigenvalue weighted by molar-refractivity contribution is 5.86. The fourth-order valence-corrected chi connectivity index (χ4v) is 3.78. The molecule has 0 bridgehead atoms. The van der Waals surface area contributed by atoms with Crippen LogP contribution in [0.2, 0.25) is 0 Å². The van der Waals surface area contributed by atoms with Crippen molar-refractivity contribution in [3.05, 3.63) is 64.7 Å². The summed E-state index contributed by atoms with van der Waals surface area (Å²) in [7, 11) is 1.60. The predicted molar refractivity (Wildman–Crippen MR) is 105 cm³/mol. The van der Waals surface area contributed by atoms with Gasteiger partial charge in [-0.05, 0) is 41.8 Å². The fraction of sp³-hybridized carbons (Fsp3) is 0.364. The molecule has 3 unspecified atom stereocenters. The summed E-state index contributed by atoms with van der Waals surface area (Å²) >= 11 is 0. The number of hydrogen-bond donors (Lipinski definition) is 0. The molecule has 0 spiro atoms. The largest absolute Gasteiger partial charge is 0.496 e. The molecule has 8 heteroatoms. The van der Waals surface area contributed by atoms with Gasteiger partial charge in [-0.15, -0.1) is 0 Å². The van der Waals surface area contributed by atoms with Crippen molar-refractivity contribution in [1.82, 2.24) is 0 Å². The number of methoxy groups -OCH3 is 1. The molecule has 0 saturated heterocycles. The lowest BCUT2D eigenvalue weighted by Crippen LogP contribution is -2.31. The molecule has 2 aliphatic heterocycles. The van der Waals surface area contributed by atoms with Crippen molar-refractivity contribution in [2.45, 2.75) is 31.2 Å². The van der Waals surface area contributed by atoms with Gasteiger partial charge < -0.3 is 14.2 Å². The highest BCUT2D eigenvalue weighted by atomic mass is 19.4. The number of hydrogen-bond acceptors (Lipinski definition) is 5. The minimum Gasteiger partial charge on any atom is -0.496 e. The van der Waals surface area contributed by atoms with Crippen LogP contribution in [0.4, 0.5) is 13.2 Å². The Kier molecular flexibility index (Phi) is 5.40. The summed E-state index contributed by atoms with van der Waals surface area (Å²) in [5.41, 5.74) is 1.73. The highest BCUT2D eigenvalue weighted by Gasteiger charge is 2.41. The van der Waals surface area contributed by atoms with Gasteiger partial charge in [-0.25, -0.2) is 4.99 Å². The van der Waals surface area contributed by atoms with Gasteiger partial charge in [-0.3, -0.25) is 4.99 Å². The van der Waals surface area contributed by atoms with Crippen LogP contribution in [0.3, 0.4) is 0 Å². The Morgan fingerprint density at radius 1 is 1.17 bits per heavy atom. The van der Waals surface area contributed by atoms with E-state index < -0.39 is 23.9 Å². The zero-order chi connectivity index (χ0) is 21.3. The van der Waals surface area contributed by atoms with E-state index in [1.165, 1.54) is 12.1 Å². The third-order valence-corrected chi connectivity index (χ3v) is 5.25. The van der Waals surface area contributed by atoms with Gasteiger partial charge in [0, 0.05) is 0 Å². The third-order valence-electron chi connectivity index (χ3n) is 5.25. The smallest absolute Gasteiger partial charge is 0.416 e. The molecule has 0 aromatic heterocycles. The van der Waals surface area contributed by atoms with Gasteiger partial charge in [0.15, 0.2) is 5.90 Å².